The minimum Gasteiger partial charge on any atom is -0.497 e. The molecule has 3 nitrogen and oxygen atoms in total. The summed E-state index contributed by atoms with van der Waals surface area (Å²) in [5.74, 6) is 1.67. The second-order valence-corrected chi connectivity index (χ2v) is 5.11. The minimum atomic E-state index is -0.553. The van der Waals surface area contributed by atoms with Gasteiger partial charge in [0.05, 0.1) is 19.8 Å². The van der Waals surface area contributed by atoms with Crippen LogP contribution >= 0.6 is 0 Å². The zero-order valence-corrected chi connectivity index (χ0v) is 12.4. The predicted octanol–water partition coefficient (Wildman–Crippen LogP) is 3.23. The Morgan fingerprint density at radius 1 is 0.900 bits per heavy atom. The van der Waals surface area contributed by atoms with Gasteiger partial charge in [0.25, 0.3) is 0 Å². The quantitative estimate of drug-likeness (QED) is 0.928. The van der Waals surface area contributed by atoms with Crippen molar-refractivity contribution < 1.29 is 9.47 Å². The third-order valence-electron chi connectivity index (χ3n) is 3.68. The zero-order valence-electron chi connectivity index (χ0n) is 12.4. The predicted molar refractivity (Wildman–Crippen MR) is 81.4 cm³/mol. The lowest BCUT2D eigenvalue weighted by Crippen LogP contribution is -2.35. The molecule has 1 atom stereocenters. The lowest BCUT2D eigenvalue weighted by Gasteiger charge is -2.28. The maximum atomic E-state index is 6.56. The monoisotopic (exact) mass is 271 g/mol. The first-order valence-corrected chi connectivity index (χ1v) is 6.57. The first kappa shape index (κ1) is 14.4. The van der Waals surface area contributed by atoms with Gasteiger partial charge in [-0.15, -0.1) is 0 Å². The third kappa shape index (κ3) is 2.63. The number of hydrogen-bond donors (Lipinski definition) is 1. The molecule has 2 aromatic carbocycles. The van der Waals surface area contributed by atoms with Gasteiger partial charge in [0.1, 0.15) is 11.5 Å². The van der Waals surface area contributed by atoms with Gasteiger partial charge in [-0.2, -0.15) is 0 Å². The first-order chi connectivity index (χ1) is 9.48. The summed E-state index contributed by atoms with van der Waals surface area (Å²) < 4.78 is 10.4. The highest BCUT2D eigenvalue weighted by Gasteiger charge is 2.25. The lowest BCUT2D eigenvalue weighted by molar-refractivity contribution is 0.413. The van der Waals surface area contributed by atoms with Crippen LogP contribution in [0.25, 0.3) is 0 Å². The van der Waals surface area contributed by atoms with Crippen LogP contribution in [0.15, 0.2) is 42.5 Å². The number of benzene rings is 2. The number of hydrogen-bond acceptors (Lipinski definition) is 3. The van der Waals surface area contributed by atoms with Crippen LogP contribution in [0.3, 0.4) is 0 Å². The standard InChI is InChI=1S/C17H21NO2/c1-12-11-15(20-4)9-10-16(12)17(2,18)13-5-7-14(19-3)8-6-13/h5-11H,18H2,1-4H3. The van der Waals surface area contributed by atoms with Crippen LogP contribution in [0.1, 0.15) is 23.6 Å². The van der Waals surface area contributed by atoms with E-state index >= 15 is 0 Å². The second kappa shape index (κ2) is 5.55. The average molecular weight is 271 g/mol. The maximum Gasteiger partial charge on any atom is 0.119 e. The second-order valence-electron chi connectivity index (χ2n) is 5.11. The van der Waals surface area contributed by atoms with E-state index in [-0.39, 0.29) is 0 Å². The summed E-state index contributed by atoms with van der Waals surface area (Å²) >= 11 is 0. The van der Waals surface area contributed by atoms with Crippen LogP contribution in [0.5, 0.6) is 11.5 Å². The molecular weight excluding hydrogens is 250 g/mol. The van der Waals surface area contributed by atoms with Gasteiger partial charge in [-0.25, -0.2) is 0 Å². The van der Waals surface area contributed by atoms with Crippen molar-refractivity contribution in [3.05, 3.63) is 59.2 Å². The van der Waals surface area contributed by atoms with Crippen molar-refractivity contribution in [1.29, 1.82) is 0 Å². The molecule has 0 aliphatic carbocycles. The van der Waals surface area contributed by atoms with Crippen molar-refractivity contribution in [2.75, 3.05) is 14.2 Å². The van der Waals surface area contributed by atoms with Gasteiger partial charge in [-0.05, 0) is 54.8 Å². The van der Waals surface area contributed by atoms with E-state index in [1.54, 1.807) is 14.2 Å². The van der Waals surface area contributed by atoms with Gasteiger partial charge >= 0.3 is 0 Å². The maximum absolute atomic E-state index is 6.56. The number of aryl methyl sites for hydroxylation is 1. The van der Waals surface area contributed by atoms with Crippen molar-refractivity contribution in [2.45, 2.75) is 19.4 Å². The van der Waals surface area contributed by atoms with E-state index in [2.05, 4.69) is 0 Å². The Bertz CT molecular complexity index is 588. The van der Waals surface area contributed by atoms with Gasteiger partial charge in [0, 0.05) is 0 Å². The van der Waals surface area contributed by atoms with Crippen LogP contribution in [0.2, 0.25) is 0 Å². The topological polar surface area (TPSA) is 44.5 Å². The van der Waals surface area contributed by atoms with Crippen molar-refractivity contribution in [3.8, 4) is 11.5 Å². The molecular formula is C17H21NO2. The van der Waals surface area contributed by atoms with Crippen LogP contribution < -0.4 is 15.2 Å². The number of ether oxygens (including phenoxy) is 2. The average Bonchev–Trinajstić information content (AvgIpc) is 2.46. The molecule has 0 saturated carbocycles. The van der Waals surface area contributed by atoms with Crippen molar-refractivity contribution in [1.82, 2.24) is 0 Å². The third-order valence-corrected chi connectivity index (χ3v) is 3.68. The lowest BCUT2D eigenvalue weighted by atomic mass is 9.83. The molecule has 0 fully saturated rings. The molecule has 0 bridgehead atoms. The molecule has 106 valence electrons. The minimum absolute atomic E-state index is 0.553. The smallest absolute Gasteiger partial charge is 0.119 e. The Morgan fingerprint density at radius 3 is 1.95 bits per heavy atom. The van der Waals surface area contributed by atoms with Gasteiger partial charge in [0.2, 0.25) is 0 Å². The molecule has 0 radical (unpaired) electrons. The Morgan fingerprint density at radius 2 is 1.45 bits per heavy atom. The molecule has 0 aliphatic heterocycles. The van der Waals surface area contributed by atoms with E-state index in [4.69, 9.17) is 15.2 Å². The summed E-state index contributed by atoms with van der Waals surface area (Å²) in [6, 6.07) is 13.8. The fraction of sp³-hybridized carbons (Fsp3) is 0.294. The van der Waals surface area contributed by atoms with Crippen molar-refractivity contribution in [2.24, 2.45) is 5.73 Å². The molecule has 0 aromatic heterocycles. The normalized spacial score (nSPS) is 13.7. The number of nitrogens with two attached hydrogens (primary N) is 1. The van der Waals surface area contributed by atoms with E-state index in [0.29, 0.717) is 0 Å². The van der Waals surface area contributed by atoms with Gasteiger partial charge < -0.3 is 15.2 Å². The first-order valence-electron chi connectivity index (χ1n) is 6.57. The van der Waals surface area contributed by atoms with Gasteiger partial charge in [-0.3, -0.25) is 0 Å². The molecule has 0 saturated heterocycles. The highest BCUT2D eigenvalue weighted by molar-refractivity contribution is 5.45. The number of rotatable bonds is 4. The van der Waals surface area contributed by atoms with Gasteiger partial charge in [0.15, 0.2) is 0 Å². The molecule has 0 spiro atoms. The Balaban J connectivity index is 2.42. The molecule has 0 aliphatic rings. The largest absolute Gasteiger partial charge is 0.497 e. The van der Waals surface area contributed by atoms with E-state index < -0.39 is 5.54 Å². The summed E-state index contributed by atoms with van der Waals surface area (Å²) in [5.41, 5.74) is 9.26. The molecule has 1 unspecified atom stereocenters. The summed E-state index contributed by atoms with van der Waals surface area (Å²) in [6.45, 7) is 4.07. The van der Waals surface area contributed by atoms with Crippen molar-refractivity contribution in [3.63, 3.8) is 0 Å². The van der Waals surface area contributed by atoms with Crippen molar-refractivity contribution >= 4 is 0 Å². The van der Waals surface area contributed by atoms with E-state index in [0.717, 1.165) is 28.2 Å². The van der Waals surface area contributed by atoms with E-state index in [1.165, 1.54) is 0 Å². The van der Waals surface area contributed by atoms with Crippen LogP contribution in [0.4, 0.5) is 0 Å². The van der Waals surface area contributed by atoms with Crippen LogP contribution in [-0.4, -0.2) is 14.2 Å². The Kier molecular flexibility index (Phi) is 4.00. The summed E-state index contributed by atoms with van der Waals surface area (Å²) in [5, 5.41) is 0. The van der Waals surface area contributed by atoms with Crippen LogP contribution in [0, 0.1) is 6.92 Å². The molecule has 20 heavy (non-hydrogen) atoms. The SMILES string of the molecule is COc1ccc(C(C)(N)c2ccc(OC)cc2C)cc1. The Labute approximate surface area is 120 Å². The summed E-state index contributed by atoms with van der Waals surface area (Å²) in [7, 11) is 3.32. The Hall–Kier alpha value is -2.00. The number of methoxy groups -OCH3 is 2. The molecule has 3 heteroatoms. The van der Waals surface area contributed by atoms with E-state index in [1.807, 2.05) is 56.3 Å². The molecule has 2 N–H and O–H groups in total. The molecule has 0 heterocycles. The highest BCUT2D eigenvalue weighted by Crippen LogP contribution is 2.31. The highest BCUT2D eigenvalue weighted by atomic mass is 16.5. The van der Waals surface area contributed by atoms with Crippen LogP contribution in [-0.2, 0) is 5.54 Å². The summed E-state index contributed by atoms with van der Waals surface area (Å²) in [4.78, 5) is 0. The zero-order chi connectivity index (χ0) is 14.8. The fourth-order valence-corrected chi connectivity index (χ4v) is 2.44. The molecule has 2 rings (SSSR count). The van der Waals surface area contributed by atoms with Gasteiger partial charge in [-0.1, -0.05) is 18.2 Å². The summed E-state index contributed by atoms with van der Waals surface area (Å²) in [6.07, 6.45) is 0. The molecule has 0 amide bonds. The van der Waals surface area contributed by atoms with E-state index in [9.17, 15) is 0 Å². The molecule has 2 aromatic rings. The fourth-order valence-electron chi connectivity index (χ4n) is 2.44.